The van der Waals surface area contributed by atoms with Gasteiger partial charge in [0.1, 0.15) is 5.82 Å². The van der Waals surface area contributed by atoms with Crippen LogP contribution in [0, 0.1) is 6.92 Å². The summed E-state index contributed by atoms with van der Waals surface area (Å²) in [5.41, 5.74) is 3.57. The first-order valence-corrected chi connectivity index (χ1v) is 9.42. The summed E-state index contributed by atoms with van der Waals surface area (Å²) in [6.45, 7) is 4.08. The van der Waals surface area contributed by atoms with Gasteiger partial charge in [0, 0.05) is 36.9 Å². The highest BCUT2D eigenvalue weighted by molar-refractivity contribution is 7.13. The molecule has 4 rings (SSSR count). The number of nitrogens with one attached hydrogen (secondary N) is 1. The Balaban J connectivity index is 1.45. The summed E-state index contributed by atoms with van der Waals surface area (Å²) in [7, 11) is 1.96. The zero-order valence-electron chi connectivity index (χ0n) is 14.5. The Bertz CT molecular complexity index is 837. The van der Waals surface area contributed by atoms with E-state index in [4.69, 9.17) is 4.98 Å². The summed E-state index contributed by atoms with van der Waals surface area (Å²) in [5, 5.41) is 10.7. The number of anilines is 2. The van der Waals surface area contributed by atoms with Gasteiger partial charge in [-0.1, -0.05) is 6.07 Å². The molecule has 0 radical (unpaired) electrons. The number of nitrogens with zero attached hydrogens (tertiary/aromatic N) is 5. The molecule has 0 spiro atoms. The molecule has 1 aliphatic rings. The van der Waals surface area contributed by atoms with E-state index in [0.717, 1.165) is 41.7 Å². The van der Waals surface area contributed by atoms with E-state index < -0.39 is 0 Å². The van der Waals surface area contributed by atoms with Gasteiger partial charge >= 0.3 is 0 Å². The third-order valence-electron chi connectivity index (χ3n) is 4.52. The summed E-state index contributed by atoms with van der Waals surface area (Å²) in [6, 6.07) is 4.43. The van der Waals surface area contributed by atoms with Gasteiger partial charge in [0.2, 0.25) is 0 Å². The van der Waals surface area contributed by atoms with Crippen molar-refractivity contribution in [2.24, 2.45) is 7.05 Å². The first kappa shape index (κ1) is 16.2. The smallest absolute Gasteiger partial charge is 0.188 e. The van der Waals surface area contributed by atoms with Crippen molar-refractivity contribution in [2.75, 3.05) is 11.9 Å². The fraction of sp³-hybridized carbons (Fsp3) is 0.389. The molecule has 1 atom stereocenters. The minimum absolute atomic E-state index is 0.387. The molecule has 1 unspecified atom stereocenters. The maximum Gasteiger partial charge on any atom is 0.188 e. The Morgan fingerprint density at radius 2 is 2.24 bits per heavy atom. The minimum atomic E-state index is 0.387. The molecule has 0 bridgehead atoms. The maximum absolute atomic E-state index is 4.81. The van der Waals surface area contributed by atoms with E-state index in [1.807, 2.05) is 37.1 Å². The monoisotopic (exact) mass is 354 g/mol. The molecule has 1 N–H and O–H groups in total. The standard InChI is InChI=1S/C18H22N6S/c1-13-5-6-17(19-8-13)22-18-21-15(12-25-18)16-4-3-7-24(16)11-14-9-20-23(2)10-14/h5-6,8-10,12,16H,3-4,7,11H2,1-2H3,(H,19,21,22). The predicted molar refractivity (Wildman–Crippen MR) is 100.0 cm³/mol. The van der Waals surface area contributed by atoms with E-state index in [9.17, 15) is 0 Å². The number of thiazole rings is 1. The largest absolute Gasteiger partial charge is 0.316 e. The van der Waals surface area contributed by atoms with Gasteiger partial charge in [-0.2, -0.15) is 5.10 Å². The van der Waals surface area contributed by atoms with Crippen LogP contribution >= 0.6 is 11.3 Å². The van der Waals surface area contributed by atoms with Crippen molar-refractivity contribution in [3.8, 4) is 0 Å². The Labute approximate surface area is 151 Å². The van der Waals surface area contributed by atoms with Gasteiger partial charge in [-0.05, 0) is 37.9 Å². The first-order chi connectivity index (χ1) is 12.2. The molecule has 3 aromatic heterocycles. The molecule has 130 valence electrons. The van der Waals surface area contributed by atoms with Crippen LogP contribution in [0.15, 0.2) is 36.1 Å². The molecular formula is C18H22N6S. The van der Waals surface area contributed by atoms with Crippen LogP contribution in [0.2, 0.25) is 0 Å². The van der Waals surface area contributed by atoms with E-state index in [-0.39, 0.29) is 0 Å². The highest BCUT2D eigenvalue weighted by atomic mass is 32.1. The lowest BCUT2D eigenvalue weighted by molar-refractivity contribution is 0.245. The fourth-order valence-electron chi connectivity index (χ4n) is 3.29. The quantitative estimate of drug-likeness (QED) is 0.758. The molecular weight excluding hydrogens is 332 g/mol. The average molecular weight is 354 g/mol. The number of rotatable bonds is 5. The number of aromatic nitrogens is 4. The molecule has 6 nitrogen and oxygen atoms in total. The van der Waals surface area contributed by atoms with E-state index in [1.54, 1.807) is 11.3 Å². The van der Waals surface area contributed by atoms with Gasteiger partial charge in [-0.25, -0.2) is 9.97 Å². The van der Waals surface area contributed by atoms with Crippen molar-refractivity contribution < 1.29 is 0 Å². The van der Waals surface area contributed by atoms with Gasteiger partial charge in [0.05, 0.1) is 17.9 Å². The molecule has 7 heteroatoms. The minimum Gasteiger partial charge on any atom is -0.316 e. The van der Waals surface area contributed by atoms with Crippen LogP contribution in [-0.4, -0.2) is 31.2 Å². The van der Waals surface area contributed by atoms with E-state index >= 15 is 0 Å². The van der Waals surface area contributed by atoms with Crippen LogP contribution < -0.4 is 5.32 Å². The molecule has 0 saturated carbocycles. The van der Waals surface area contributed by atoms with Crippen molar-refractivity contribution in [1.82, 2.24) is 24.6 Å². The zero-order valence-corrected chi connectivity index (χ0v) is 15.3. The van der Waals surface area contributed by atoms with Crippen LogP contribution in [0.5, 0.6) is 0 Å². The summed E-state index contributed by atoms with van der Waals surface area (Å²) < 4.78 is 1.86. The summed E-state index contributed by atoms with van der Waals surface area (Å²) >= 11 is 1.64. The van der Waals surface area contributed by atoms with Crippen molar-refractivity contribution >= 4 is 22.3 Å². The van der Waals surface area contributed by atoms with Crippen molar-refractivity contribution in [3.05, 3.63) is 52.9 Å². The predicted octanol–water partition coefficient (Wildman–Crippen LogP) is 3.66. The number of pyridine rings is 1. The van der Waals surface area contributed by atoms with Crippen LogP contribution in [0.3, 0.4) is 0 Å². The Morgan fingerprint density at radius 3 is 3.00 bits per heavy atom. The number of aryl methyl sites for hydroxylation is 2. The van der Waals surface area contributed by atoms with Crippen molar-refractivity contribution in [2.45, 2.75) is 32.4 Å². The number of likely N-dealkylation sites (tertiary alicyclic amines) is 1. The van der Waals surface area contributed by atoms with Crippen molar-refractivity contribution in [1.29, 1.82) is 0 Å². The molecule has 25 heavy (non-hydrogen) atoms. The highest BCUT2D eigenvalue weighted by Crippen LogP contribution is 2.35. The number of hydrogen-bond acceptors (Lipinski definition) is 6. The van der Waals surface area contributed by atoms with Gasteiger partial charge in [0.15, 0.2) is 5.13 Å². The van der Waals surface area contributed by atoms with Gasteiger partial charge < -0.3 is 5.32 Å². The molecule has 3 aromatic rings. The molecule has 1 saturated heterocycles. The molecule has 0 amide bonds. The van der Waals surface area contributed by atoms with Crippen LogP contribution in [-0.2, 0) is 13.6 Å². The first-order valence-electron chi connectivity index (χ1n) is 8.54. The topological polar surface area (TPSA) is 58.9 Å². The second kappa shape index (κ2) is 6.93. The Morgan fingerprint density at radius 1 is 1.32 bits per heavy atom. The van der Waals surface area contributed by atoms with E-state index in [2.05, 4.69) is 37.9 Å². The normalized spacial score (nSPS) is 17.9. The van der Waals surface area contributed by atoms with Gasteiger partial charge in [-0.15, -0.1) is 11.3 Å². The molecule has 4 heterocycles. The second-order valence-electron chi connectivity index (χ2n) is 6.57. The van der Waals surface area contributed by atoms with Gasteiger partial charge in [0.25, 0.3) is 0 Å². The third kappa shape index (κ3) is 3.72. The van der Waals surface area contributed by atoms with Crippen molar-refractivity contribution in [3.63, 3.8) is 0 Å². The molecule has 0 aliphatic carbocycles. The fourth-order valence-corrected chi connectivity index (χ4v) is 4.05. The van der Waals surface area contributed by atoms with Gasteiger partial charge in [-0.3, -0.25) is 9.58 Å². The Kier molecular flexibility index (Phi) is 4.50. The maximum atomic E-state index is 4.81. The van der Waals surface area contributed by atoms with Crippen LogP contribution in [0.1, 0.15) is 35.7 Å². The molecule has 1 aliphatic heterocycles. The van der Waals surface area contributed by atoms with Crippen LogP contribution in [0.25, 0.3) is 0 Å². The lowest BCUT2D eigenvalue weighted by Gasteiger charge is -2.22. The lowest BCUT2D eigenvalue weighted by Crippen LogP contribution is -2.22. The summed E-state index contributed by atoms with van der Waals surface area (Å²) in [5.74, 6) is 0.838. The molecule has 1 fully saturated rings. The average Bonchev–Trinajstić information content (AvgIpc) is 3.32. The second-order valence-corrected chi connectivity index (χ2v) is 7.43. The van der Waals surface area contributed by atoms with E-state index in [1.165, 1.54) is 12.0 Å². The Hall–Kier alpha value is -2.25. The van der Waals surface area contributed by atoms with E-state index in [0.29, 0.717) is 6.04 Å². The highest BCUT2D eigenvalue weighted by Gasteiger charge is 2.28. The molecule has 0 aromatic carbocycles. The lowest BCUT2D eigenvalue weighted by atomic mass is 10.1. The SMILES string of the molecule is Cc1ccc(Nc2nc(C3CCCN3Cc3cnn(C)c3)cs2)nc1. The third-order valence-corrected chi connectivity index (χ3v) is 5.29. The summed E-state index contributed by atoms with van der Waals surface area (Å²) in [4.78, 5) is 11.7. The number of hydrogen-bond donors (Lipinski definition) is 1. The van der Waals surface area contributed by atoms with Crippen LogP contribution in [0.4, 0.5) is 10.9 Å². The summed E-state index contributed by atoms with van der Waals surface area (Å²) in [6.07, 6.45) is 8.28. The zero-order chi connectivity index (χ0) is 17.2.